The second-order valence-electron chi connectivity index (χ2n) is 9.68. The number of aryl methyl sites for hydroxylation is 1. The van der Waals surface area contributed by atoms with Gasteiger partial charge in [-0.05, 0) is 49.2 Å². The van der Waals surface area contributed by atoms with Gasteiger partial charge in [-0.25, -0.2) is 4.68 Å². The number of pyridine rings is 1. The molecule has 0 spiro atoms. The highest BCUT2D eigenvalue weighted by Gasteiger charge is 2.21. The van der Waals surface area contributed by atoms with Crippen LogP contribution in [0.5, 0.6) is 0 Å². The van der Waals surface area contributed by atoms with E-state index in [0.29, 0.717) is 12.4 Å². The third-order valence-corrected chi connectivity index (χ3v) is 7.14. The van der Waals surface area contributed by atoms with Crippen molar-refractivity contribution in [3.63, 3.8) is 0 Å². The molecule has 4 heterocycles. The molecule has 39 heavy (non-hydrogen) atoms. The van der Waals surface area contributed by atoms with E-state index in [4.69, 9.17) is 11.5 Å². The first kappa shape index (κ1) is 26.1. The second kappa shape index (κ2) is 11.0. The molecular formula is C29H34N8O2. The smallest absolute Gasteiger partial charge is 0.265 e. The lowest BCUT2D eigenvalue weighted by Gasteiger charge is -2.34. The molecule has 0 aliphatic carbocycles. The Bertz CT molecular complexity index is 1580. The summed E-state index contributed by atoms with van der Waals surface area (Å²) in [5.74, 6) is 0.149. The van der Waals surface area contributed by atoms with E-state index in [1.807, 2.05) is 41.0 Å². The molecule has 0 atom stereocenters. The predicted molar refractivity (Wildman–Crippen MR) is 158 cm³/mol. The number of primary amides is 1. The van der Waals surface area contributed by atoms with E-state index >= 15 is 0 Å². The summed E-state index contributed by atoms with van der Waals surface area (Å²) in [5.41, 5.74) is 14.0. The van der Waals surface area contributed by atoms with Crippen LogP contribution in [-0.4, -0.2) is 64.9 Å². The van der Waals surface area contributed by atoms with Gasteiger partial charge >= 0.3 is 0 Å². The van der Waals surface area contributed by atoms with Gasteiger partial charge in [-0.15, -0.1) is 5.10 Å². The summed E-state index contributed by atoms with van der Waals surface area (Å²) in [4.78, 5) is 29.2. The molecule has 2 aromatic carbocycles. The first-order chi connectivity index (χ1) is 18.9. The lowest BCUT2D eigenvalue weighted by molar-refractivity contribution is 0.100. The van der Waals surface area contributed by atoms with Gasteiger partial charge in [0.15, 0.2) is 5.82 Å². The van der Waals surface area contributed by atoms with Crippen LogP contribution in [0.25, 0.3) is 22.7 Å². The van der Waals surface area contributed by atoms with Gasteiger partial charge in [0.1, 0.15) is 11.4 Å². The summed E-state index contributed by atoms with van der Waals surface area (Å²) >= 11 is 0. The molecule has 0 unspecified atom stereocenters. The molecule has 202 valence electrons. The summed E-state index contributed by atoms with van der Waals surface area (Å²) in [6, 6.07) is 18.4. The number of aromatic nitrogens is 3. The molecule has 1 fully saturated rings. The standard InChI is InChI=1S/C22H25N3O.C7H9N5O/c1-3-18-16-17-8-7-11-20(24-14-12-23(2)13-15-24)21(17)22(26)25(18)19-9-5-4-6-10-19;8-5-4(6(9)13)7-10-2-1-3-12(7)11-5/h4-11,16H,3,12-15H2,1-2H3;1,3,10H,2H2,(H2,8,11)(H2,9,13). The maximum atomic E-state index is 13.6. The molecule has 5 N–H and O–H groups in total. The fourth-order valence-corrected chi connectivity index (χ4v) is 5.11. The molecule has 6 rings (SSSR count). The van der Waals surface area contributed by atoms with Crippen LogP contribution in [0.3, 0.4) is 0 Å². The average molecular weight is 527 g/mol. The minimum Gasteiger partial charge on any atom is -0.381 e. The average Bonchev–Trinajstić information content (AvgIpc) is 3.29. The zero-order chi connectivity index (χ0) is 27.5. The number of likely N-dealkylation sites (N-methyl/N-ethyl adjacent to an activating group) is 1. The van der Waals surface area contributed by atoms with Crippen LogP contribution in [0.2, 0.25) is 0 Å². The van der Waals surface area contributed by atoms with Crippen LogP contribution in [-0.2, 0) is 6.42 Å². The van der Waals surface area contributed by atoms with Crippen molar-refractivity contribution in [1.29, 1.82) is 0 Å². The summed E-state index contributed by atoms with van der Waals surface area (Å²) in [7, 11) is 2.15. The Balaban J connectivity index is 0.000000198. The Morgan fingerprint density at radius 2 is 1.79 bits per heavy atom. The lowest BCUT2D eigenvalue weighted by atomic mass is 10.1. The minimum atomic E-state index is -0.568. The number of carbonyl (C=O) groups is 1. The maximum Gasteiger partial charge on any atom is 0.265 e. The summed E-state index contributed by atoms with van der Waals surface area (Å²) in [6.45, 7) is 6.70. The molecule has 0 bridgehead atoms. The van der Waals surface area contributed by atoms with Crippen molar-refractivity contribution >= 4 is 40.2 Å². The van der Waals surface area contributed by atoms with Gasteiger partial charge in [0.25, 0.3) is 11.5 Å². The number of nitrogens with zero attached hydrogens (tertiary/aromatic N) is 5. The number of nitrogens with two attached hydrogens (primary N) is 2. The second-order valence-corrected chi connectivity index (χ2v) is 9.68. The number of anilines is 3. The van der Waals surface area contributed by atoms with Crippen LogP contribution in [0.15, 0.2) is 65.5 Å². The summed E-state index contributed by atoms with van der Waals surface area (Å²) in [6.07, 6.45) is 4.41. The van der Waals surface area contributed by atoms with Gasteiger partial charge in [0.2, 0.25) is 0 Å². The van der Waals surface area contributed by atoms with Gasteiger partial charge in [0, 0.05) is 50.3 Å². The van der Waals surface area contributed by atoms with E-state index in [2.05, 4.69) is 58.5 Å². The Kier molecular flexibility index (Phi) is 7.38. The molecule has 10 heteroatoms. The number of amides is 1. The monoisotopic (exact) mass is 526 g/mol. The van der Waals surface area contributed by atoms with Gasteiger partial charge in [-0.3, -0.25) is 14.2 Å². The van der Waals surface area contributed by atoms with Crippen LogP contribution in [0, 0.1) is 0 Å². The third-order valence-electron chi connectivity index (χ3n) is 7.14. The molecule has 1 amide bonds. The Morgan fingerprint density at radius 1 is 1.05 bits per heavy atom. The molecule has 1 saturated heterocycles. The number of nitrogen functional groups attached to an aromatic ring is 1. The number of nitrogens with one attached hydrogen (secondary N) is 1. The molecule has 2 aromatic heterocycles. The molecular weight excluding hydrogens is 492 g/mol. The number of para-hydroxylation sites is 1. The largest absolute Gasteiger partial charge is 0.381 e. The molecule has 0 radical (unpaired) electrons. The molecule has 2 aliphatic heterocycles. The van der Waals surface area contributed by atoms with Crippen LogP contribution >= 0.6 is 0 Å². The van der Waals surface area contributed by atoms with E-state index in [1.54, 1.807) is 6.20 Å². The topological polar surface area (TPSA) is 127 Å². The van der Waals surface area contributed by atoms with Crippen molar-refractivity contribution in [1.82, 2.24) is 19.2 Å². The molecule has 0 saturated carbocycles. The highest BCUT2D eigenvalue weighted by atomic mass is 16.1. The predicted octanol–water partition coefficient (Wildman–Crippen LogP) is 2.77. The normalized spacial score (nSPS) is 14.9. The number of rotatable bonds is 4. The lowest BCUT2D eigenvalue weighted by Crippen LogP contribution is -2.44. The van der Waals surface area contributed by atoms with Crippen molar-refractivity contribution in [3.8, 4) is 5.69 Å². The van der Waals surface area contributed by atoms with Crippen molar-refractivity contribution in [2.75, 3.05) is 55.7 Å². The molecule has 10 nitrogen and oxygen atoms in total. The van der Waals surface area contributed by atoms with Crippen molar-refractivity contribution in [2.24, 2.45) is 5.73 Å². The number of hydrogen-bond donors (Lipinski definition) is 3. The molecule has 2 aliphatic rings. The Hall–Kier alpha value is -4.57. The van der Waals surface area contributed by atoms with E-state index in [-0.39, 0.29) is 16.9 Å². The first-order valence-corrected chi connectivity index (χ1v) is 13.1. The van der Waals surface area contributed by atoms with E-state index in [9.17, 15) is 9.59 Å². The van der Waals surface area contributed by atoms with Gasteiger partial charge < -0.3 is 26.6 Å². The summed E-state index contributed by atoms with van der Waals surface area (Å²) < 4.78 is 3.38. The molecule has 4 aromatic rings. The third kappa shape index (κ3) is 5.10. The van der Waals surface area contributed by atoms with E-state index in [1.165, 1.54) is 4.68 Å². The number of hydrogen-bond acceptors (Lipinski definition) is 7. The van der Waals surface area contributed by atoms with Crippen molar-refractivity contribution in [3.05, 3.63) is 82.3 Å². The van der Waals surface area contributed by atoms with E-state index < -0.39 is 5.91 Å². The van der Waals surface area contributed by atoms with Crippen molar-refractivity contribution < 1.29 is 4.79 Å². The number of fused-ring (bicyclic) bond motifs is 2. The number of benzene rings is 2. The fraction of sp³-hybridized carbons (Fsp3) is 0.276. The maximum absolute atomic E-state index is 13.6. The zero-order valence-electron chi connectivity index (χ0n) is 22.3. The summed E-state index contributed by atoms with van der Waals surface area (Å²) in [5, 5.41) is 8.75. The highest BCUT2D eigenvalue weighted by molar-refractivity contribution is 6.02. The van der Waals surface area contributed by atoms with Crippen LogP contribution in [0.1, 0.15) is 23.0 Å². The fourth-order valence-electron chi connectivity index (χ4n) is 5.11. The Morgan fingerprint density at radius 3 is 2.49 bits per heavy atom. The minimum absolute atomic E-state index is 0.0834. The van der Waals surface area contributed by atoms with Crippen LogP contribution in [0.4, 0.5) is 17.3 Å². The highest BCUT2D eigenvalue weighted by Crippen LogP contribution is 2.27. The van der Waals surface area contributed by atoms with Gasteiger partial charge in [-0.1, -0.05) is 37.3 Å². The van der Waals surface area contributed by atoms with Crippen molar-refractivity contribution in [2.45, 2.75) is 13.3 Å². The van der Waals surface area contributed by atoms with Gasteiger partial charge in [-0.2, -0.15) is 0 Å². The first-order valence-electron chi connectivity index (χ1n) is 13.1. The SMILES string of the molecule is CCc1cc2cccc(N3CCN(C)CC3)c2c(=O)n1-c1ccccc1.NC(=O)c1c(N)nn2c1NCC=C2. The zero-order valence-corrected chi connectivity index (χ0v) is 22.3. The van der Waals surface area contributed by atoms with E-state index in [0.717, 1.165) is 60.4 Å². The number of piperazine rings is 1. The van der Waals surface area contributed by atoms with Crippen LogP contribution < -0.4 is 27.2 Å². The Labute approximate surface area is 227 Å². The van der Waals surface area contributed by atoms with Gasteiger partial charge in [0.05, 0.1) is 11.1 Å². The number of carbonyl (C=O) groups excluding carboxylic acids is 1. The quantitative estimate of drug-likeness (QED) is 0.373.